The third-order valence-corrected chi connectivity index (χ3v) is 4.00. The molecule has 80 valence electrons. The lowest BCUT2D eigenvalue weighted by molar-refractivity contribution is 0.554. The molecule has 0 radical (unpaired) electrons. The third-order valence-electron chi connectivity index (χ3n) is 2.36. The van der Waals surface area contributed by atoms with Gasteiger partial charge < -0.3 is 5.32 Å². The molecule has 2 aromatic heterocycles. The van der Waals surface area contributed by atoms with Crippen LogP contribution in [0, 0.1) is 5.92 Å². The Labute approximate surface area is 98.8 Å². The summed E-state index contributed by atoms with van der Waals surface area (Å²) in [5.74, 6) is 0.601. The van der Waals surface area contributed by atoms with E-state index in [9.17, 15) is 0 Å². The van der Waals surface area contributed by atoms with Gasteiger partial charge in [0.25, 0.3) is 0 Å². The minimum atomic E-state index is 0.430. The lowest BCUT2D eigenvalue weighted by atomic mass is 10.0. The topological polar surface area (TPSA) is 12.0 Å². The Kier molecular flexibility index (Phi) is 3.44. The molecule has 1 unspecified atom stereocenters. The van der Waals surface area contributed by atoms with Crippen molar-refractivity contribution in [1.29, 1.82) is 0 Å². The second-order valence-corrected chi connectivity index (χ2v) is 5.65. The van der Waals surface area contributed by atoms with E-state index in [1.165, 1.54) is 10.6 Å². The van der Waals surface area contributed by atoms with Crippen molar-refractivity contribution in [2.24, 2.45) is 5.92 Å². The molecule has 0 aliphatic carbocycles. The second kappa shape index (κ2) is 4.81. The van der Waals surface area contributed by atoms with Gasteiger partial charge in [0.1, 0.15) is 0 Å². The average molecular weight is 237 g/mol. The van der Waals surface area contributed by atoms with E-state index in [4.69, 9.17) is 0 Å². The van der Waals surface area contributed by atoms with Gasteiger partial charge in [-0.1, -0.05) is 19.9 Å². The molecule has 0 aliphatic heterocycles. The monoisotopic (exact) mass is 237 g/mol. The molecule has 15 heavy (non-hydrogen) atoms. The molecule has 1 N–H and O–H groups in total. The lowest BCUT2D eigenvalue weighted by Crippen LogP contribution is -2.14. The summed E-state index contributed by atoms with van der Waals surface area (Å²) in [5, 5.41) is 9.98. The van der Waals surface area contributed by atoms with Gasteiger partial charge in [0.05, 0.1) is 6.04 Å². The summed E-state index contributed by atoms with van der Waals surface area (Å²) in [6, 6.07) is 6.88. The Balaban J connectivity index is 2.14. The van der Waals surface area contributed by atoms with Gasteiger partial charge in [0.2, 0.25) is 0 Å². The first kappa shape index (κ1) is 10.7. The number of rotatable bonds is 4. The summed E-state index contributed by atoms with van der Waals surface area (Å²) in [4.78, 5) is 1.41. The van der Waals surface area contributed by atoms with Crippen LogP contribution in [0.3, 0.4) is 0 Å². The van der Waals surface area contributed by atoms with Crippen LogP contribution in [0.4, 0.5) is 5.69 Å². The van der Waals surface area contributed by atoms with E-state index < -0.39 is 0 Å². The summed E-state index contributed by atoms with van der Waals surface area (Å²) in [5.41, 5.74) is 1.23. The van der Waals surface area contributed by atoms with Crippen molar-refractivity contribution < 1.29 is 0 Å². The highest BCUT2D eigenvalue weighted by Gasteiger charge is 2.16. The molecule has 0 aromatic carbocycles. The molecule has 3 heteroatoms. The first-order valence-electron chi connectivity index (χ1n) is 5.09. The van der Waals surface area contributed by atoms with E-state index in [2.05, 4.69) is 53.5 Å². The maximum atomic E-state index is 3.58. The summed E-state index contributed by atoms with van der Waals surface area (Å²) < 4.78 is 0. The van der Waals surface area contributed by atoms with Crippen molar-refractivity contribution >= 4 is 28.4 Å². The first-order valence-corrected chi connectivity index (χ1v) is 6.92. The highest BCUT2D eigenvalue weighted by atomic mass is 32.1. The van der Waals surface area contributed by atoms with Crippen LogP contribution >= 0.6 is 22.7 Å². The predicted molar refractivity (Wildman–Crippen MR) is 69.8 cm³/mol. The van der Waals surface area contributed by atoms with Crippen LogP contribution in [-0.4, -0.2) is 0 Å². The van der Waals surface area contributed by atoms with Crippen LogP contribution in [-0.2, 0) is 0 Å². The van der Waals surface area contributed by atoms with Gasteiger partial charge in [-0.3, -0.25) is 0 Å². The molecule has 0 aliphatic rings. The van der Waals surface area contributed by atoms with Crippen molar-refractivity contribution in [3.8, 4) is 0 Å². The van der Waals surface area contributed by atoms with Crippen molar-refractivity contribution in [2.45, 2.75) is 19.9 Å². The van der Waals surface area contributed by atoms with Gasteiger partial charge >= 0.3 is 0 Å². The fraction of sp³-hybridized carbons (Fsp3) is 0.333. The molecular weight excluding hydrogens is 222 g/mol. The van der Waals surface area contributed by atoms with Crippen molar-refractivity contribution in [2.75, 3.05) is 5.32 Å². The molecule has 0 bridgehead atoms. The highest BCUT2D eigenvalue weighted by molar-refractivity contribution is 7.10. The van der Waals surface area contributed by atoms with Crippen molar-refractivity contribution in [3.05, 3.63) is 39.2 Å². The Morgan fingerprint density at radius 1 is 1.20 bits per heavy atom. The van der Waals surface area contributed by atoms with Gasteiger partial charge in [0.15, 0.2) is 0 Å². The number of hydrogen-bond donors (Lipinski definition) is 1. The summed E-state index contributed by atoms with van der Waals surface area (Å²) in [7, 11) is 0. The van der Waals surface area contributed by atoms with Crippen molar-refractivity contribution in [1.82, 2.24) is 0 Å². The molecule has 2 rings (SSSR count). The Morgan fingerprint density at radius 2 is 2.07 bits per heavy atom. The van der Waals surface area contributed by atoms with Crippen molar-refractivity contribution in [3.63, 3.8) is 0 Å². The first-order chi connectivity index (χ1) is 7.27. The Bertz CT molecular complexity index is 376. The molecule has 2 aromatic rings. The summed E-state index contributed by atoms with van der Waals surface area (Å²) in [6.45, 7) is 4.51. The van der Waals surface area contributed by atoms with E-state index >= 15 is 0 Å². The van der Waals surface area contributed by atoms with Gasteiger partial charge in [-0.25, -0.2) is 0 Å². The normalized spacial score (nSPS) is 13.0. The van der Waals surface area contributed by atoms with E-state index in [1.54, 1.807) is 11.3 Å². The molecule has 0 spiro atoms. The van der Waals surface area contributed by atoms with Gasteiger partial charge in [-0.15, -0.1) is 11.3 Å². The molecule has 0 amide bonds. The van der Waals surface area contributed by atoms with Crippen LogP contribution in [0.15, 0.2) is 34.3 Å². The zero-order valence-corrected chi connectivity index (χ0v) is 10.6. The van der Waals surface area contributed by atoms with Crippen LogP contribution in [0.1, 0.15) is 24.8 Å². The minimum absolute atomic E-state index is 0.430. The van der Waals surface area contributed by atoms with E-state index in [1.807, 2.05) is 11.3 Å². The zero-order valence-electron chi connectivity index (χ0n) is 8.94. The van der Waals surface area contributed by atoms with Crippen LogP contribution in [0.5, 0.6) is 0 Å². The second-order valence-electron chi connectivity index (χ2n) is 3.89. The zero-order chi connectivity index (χ0) is 10.7. The smallest absolute Gasteiger partial charge is 0.0629 e. The maximum absolute atomic E-state index is 3.58. The number of hydrogen-bond acceptors (Lipinski definition) is 3. The fourth-order valence-corrected chi connectivity index (χ4v) is 3.11. The predicted octanol–water partition coefficient (Wildman–Crippen LogP) is 4.62. The molecular formula is C12H15NS2. The quantitative estimate of drug-likeness (QED) is 0.818. The fourth-order valence-electron chi connectivity index (χ4n) is 1.56. The van der Waals surface area contributed by atoms with E-state index in [-0.39, 0.29) is 0 Å². The minimum Gasteiger partial charge on any atom is -0.376 e. The van der Waals surface area contributed by atoms with Gasteiger partial charge in [0, 0.05) is 15.9 Å². The third kappa shape index (κ3) is 2.61. The Morgan fingerprint density at radius 3 is 2.60 bits per heavy atom. The number of thiophene rings is 2. The maximum Gasteiger partial charge on any atom is 0.0629 e. The molecule has 0 fully saturated rings. The largest absolute Gasteiger partial charge is 0.376 e. The molecule has 1 atom stereocenters. The molecule has 1 nitrogen and oxygen atoms in total. The summed E-state index contributed by atoms with van der Waals surface area (Å²) >= 11 is 3.55. The number of anilines is 1. The molecule has 2 heterocycles. The SMILES string of the molecule is CC(C)C(Nc1ccsc1)c1cccs1. The van der Waals surface area contributed by atoms with E-state index in [0.717, 1.165) is 0 Å². The van der Waals surface area contributed by atoms with Gasteiger partial charge in [-0.05, 0) is 28.8 Å². The molecule has 0 saturated carbocycles. The molecule has 0 saturated heterocycles. The van der Waals surface area contributed by atoms with Crippen LogP contribution in [0.25, 0.3) is 0 Å². The highest BCUT2D eigenvalue weighted by Crippen LogP contribution is 2.30. The Hall–Kier alpha value is -0.800. The van der Waals surface area contributed by atoms with Crippen LogP contribution < -0.4 is 5.32 Å². The summed E-state index contributed by atoms with van der Waals surface area (Å²) in [6.07, 6.45) is 0. The van der Waals surface area contributed by atoms with E-state index in [0.29, 0.717) is 12.0 Å². The number of nitrogens with one attached hydrogen (secondary N) is 1. The standard InChI is InChI=1S/C12H15NS2/c1-9(2)12(11-4-3-6-15-11)13-10-5-7-14-8-10/h3-9,12-13H,1-2H3. The average Bonchev–Trinajstić information content (AvgIpc) is 2.87. The lowest BCUT2D eigenvalue weighted by Gasteiger charge is -2.21. The van der Waals surface area contributed by atoms with Crippen LogP contribution in [0.2, 0.25) is 0 Å². The van der Waals surface area contributed by atoms with Gasteiger partial charge in [-0.2, -0.15) is 11.3 Å².